The van der Waals surface area contributed by atoms with Crippen LogP contribution in [0.3, 0.4) is 0 Å². The van der Waals surface area contributed by atoms with Crippen LogP contribution in [-0.4, -0.2) is 29.2 Å². The van der Waals surface area contributed by atoms with Crippen LogP contribution in [0.4, 0.5) is 11.4 Å². The number of benzene rings is 1. The van der Waals surface area contributed by atoms with Gasteiger partial charge in [0.25, 0.3) is 5.69 Å². The highest BCUT2D eigenvalue weighted by Gasteiger charge is 2.12. The standard InChI is InChI=1S/C15H19N3O3/c1-4-21-9-11(3)17-15-7-10(2)16-14-6-5-12(18(19)20)8-13(14)15/h5-8,11H,4,9H2,1-3H3,(H,16,17). The normalized spacial score (nSPS) is 12.3. The molecule has 0 amide bonds. The number of aryl methyl sites for hydroxylation is 1. The Labute approximate surface area is 123 Å². The number of nitro groups is 1. The fourth-order valence-electron chi connectivity index (χ4n) is 2.18. The van der Waals surface area contributed by atoms with Gasteiger partial charge in [0.15, 0.2) is 0 Å². The lowest BCUT2D eigenvalue weighted by atomic mass is 10.1. The number of nitro benzene ring substituents is 1. The minimum Gasteiger partial charge on any atom is -0.380 e. The van der Waals surface area contributed by atoms with Crippen molar-refractivity contribution >= 4 is 22.3 Å². The van der Waals surface area contributed by atoms with Crippen molar-refractivity contribution < 1.29 is 9.66 Å². The van der Waals surface area contributed by atoms with Gasteiger partial charge in [0.05, 0.1) is 17.0 Å². The van der Waals surface area contributed by atoms with E-state index in [-0.39, 0.29) is 11.7 Å². The number of nitrogens with zero attached hydrogens (tertiary/aromatic N) is 2. The molecule has 21 heavy (non-hydrogen) atoms. The number of anilines is 1. The lowest BCUT2D eigenvalue weighted by molar-refractivity contribution is -0.384. The monoisotopic (exact) mass is 289 g/mol. The van der Waals surface area contributed by atoms with Crippen molar-refractivity contribution in [3.05, 3.63) is 40.1 Å². The van der Waals surface area contributed by atoms with E-state index in [4.69, 9.17) is 4.74 Å². The number of fused-ring (bicyclic) bond motifs is 1. The van der Waals surface area contributed by atoms with Gasteiger partial charge in [-0.05, 0) is 32.9 Å². The second-order valence-electron chi connectivity index (χ2n) is 4.97. The van der Waals surface area contributed by atoms with E-state index in [0.29, 0.717) is 13.2 Å². The fraction of sp³-hybridized carbons (Fsp3) is 0.400. The summed E-state index contributed by atoms with van der Waals surface area (Å²) in [5.41, 5.74) is 2.51. The minimum atomic E-state index is -0.396. The molecule has 0 spiro atoms. The predicted octanol–water partition coefficient (Wildman–Crippen LogP) is 3.29. The van der Waals surface area contributed by atoms with Crippen molar-refractivity contribution in [3.63, 3.8) is 0 Å². The highest BCUT2D eigenvalue weighted by molar-refractivity contribution is 5.93. The van der Waals surface area contributed by atoms with E-state index in [1.807, 2.05) is 26.8 Å². The largest absolute Gasteiger partial charge is 0.380 e. The first-order chi connectivity index (χ1) is 10.0. The molecule has 6 nitrogen and oxygen atoms in total. The summed E-state index contributed by atoms with van der Waals surface area (Å²) in [6.45, 7) is 7.10. The molecule has 2 rings (SSSR count). The Bertz CT molecular complexity index is 658. The minimum absolute atomic E-state index is 0.0636. The first kappa shape index (κ1) is 15.2. The quantitative estimate of drug-likeness (QED) is 0.652. The molecule has 0 radical (unpaired) electrons. The summed E-state index contributed by atoms with van der Waals surface area (Å²) in [4.78, 5) is 14.9. The molecule has 0 saturated heterocycles. The van der Waals surface area contributed by atoms with Crippen LogP contribution < -0.4 is 5.32 Å². The summed E-state index contributed by atoms with van der Waals surface area (Å²) in [5.74, 6) is 0. The molecule has 0 aliphatic rings. The van der Waals surface area contributed by atoms with Crippen LogP contribution >= 0.6 is 0 Å². The summed E-state index contributed by atoms with van der Waals surface area (Å²) in [7, 11) is 0. The zero-order valence-corrected chi connectivity index (χ0v) is 12.4. The van der Waals surface area contributed by atoms with Gasteiger partial charge in [-0.2, -0.15) is 0 Å². The third kappa shape index (κ3) is 3.66. The summed E-state index contributed by atoms with van der Waals surface area (Å²) in [6, 6.07) is 6.71. The molecule has 1 aromatic heterocycles. The van der Waals surface area contributed by atoms with Crippen LogP contribution in [0.25, 0.3) is 10.9 Å². The smallest absolute Gasteiger partial charge is 0.270 e. The number of ether oxygens (including phenoxy) is 1. The molecule has 2 aromatic rings. The van der Waals surface area contributed by atoms with Crippen LogP contribution in [0.5, 0.6) is 0 Å². The molecule has 1 aromatic carbocycles. The Morgan fingerprint density at radius 3 is 2.86 bits per heavy atom. The summed E-state index contributed by atoms with van der Waals surface area (Å²) in [6.07, 6.45) is 0. The molecule has 112 valence electrons. The third-order valence-corrected chi connectivity index (χ3v) is 3.11. The average molecular weight is 289 g/mol. The molecule has 0 aliphatic carbocycles. The second-order valence-corrected chi connectivity index (χ2v) is 4.97. The number of non-ortho nitro benzene ring substituents is 1. The van der Waals surface area contributed by atoms with Gasteiger partial charge in [-0.1, -0.05) is 0 Å². The lowest BCUT2D eigenvalue weighted by Crippen LogP contribution is -2.22. The highest BCUT2D eigenvalue weighted by atomic mass is 16.6. The zero-order valence-electron chi connectivity index (χ0n) is 12.4. The predicted molar refractivity (Wildman–Crippen MR) is 82.7 cm³/mol. The molecule has 0 saturated carbocycles. The molecule has 0 bridgehead atoms. The molecular weight excluding hydrogens is 270 g/mol. The fourth-order valence-corrected chi connectivity index (χ4v) is 2.18. The summed E-state index contributed by atoms with van der Waals surface area (Å²) in [5, 5.41) is 15.0. The number of nitrogens with one attached hydrogen (secondary N) is 1. The Morgan fingerprint density at radius 1 is 1.43 bits per heavy atom. The van der Waals surface area contributed by atoms with E-state index in [0.717, 1.165) is 22.3 Å². The molecule has 0 aliphatic heterocycles. The van der Waals surface area contributed by atoms with Crippen molar-refractivity contribution in [3.8, 4) is 0 Å². The van der Waals surface area contributed by atoms with Gasteiger partial charge in [-0.15, -0.1) is 0 Å². The first-order valence-corrected chi connectivity index (χ1v) is 6.91. The van der Waals surface area contributed by atoms with Gasteiger partial charge < -0.3 is 10.1 Å². The number of pyridine rings is 1. The molecule has 1 atom stereocenters. The molecule has 1 unspecified atom stereocenters. The van der Waals surface area contributed by atoms with Gasteiger partial charge in [0.1, 0.15) is 0 Å². The maximum atomic E-state index is 10.9. The van der Waals surface area contributed by atoms with Crippen molar-refractivity contribution in [2.45, 2.75) is 26.8 Å². The van der Waals surface area contributed by atoms with E-state index in [2.05, 4.69) is 10.3 Å². The topological polar surface area (TPSA) is 77.3 Å². The highest BCUT2D eigenvalue weighted by Crippen LogP contribution is 2.27. The van der Waals surface area contributed by atoms with Crippen molar-refractivity contribution in [2.75, 3.05) is 18.5 Å². The molecular formula is C15H19N3O3. The van der Waals surface area contributed by atoms with Crippen LogP contribution in [-0.2, 0) is 4.74 Å². The van der Waals surface area contributed by atoms with E-state index in [1.54, 1.807) is 12.1 Å². The van der Waals surface area contributed by atoms with Gasteiger partial charge in [0, 0.05) is 41.5 Å². The van der Waals surface area contributed by atoms with Crippen molar-refractivity contribution in [2.24, 2.45) is 0 Å². The van der Waals surface area contributed by atoms with Gasteiger partial charge >= 0.3 is 0 Å². The van der Waals surface area contributed by atoms with Crippen LogP contribution in [0.15, 0.2) is 24.3 Å². The van der Waals surface area contributed by atoms with Crippen LogP contribution in [0.1, 0.15) is 19.5 Å². The Morgan fingerprint density at radius 2 is 2.19 bits per heavy atom. The van der Waals surface area contributed by atoms with Gasteiger partial charge in [-0.25, -0.2) is 0 Å². The summed E-state index contributed by atoms with van der Waals surface area (Å²) < 4.78 is 5.39. The Hall–Kier alpha value is -2.21. The van der Waals surface area contributed by atoms with Gasteiger partial charge in [0.2, 0.25) is 0 Å². The number of hydrogen-bond acceptors (Lipinski definition) is 5. The number of aromatic nitrogens is 1. The van der Waals surface area contributed by atoms with Crippen LogP contribution in [0, 0.1) is 17.0 Å². The zero-order chi connectivity index (χ0) is 15.4. The SMILES string of the molecule is CCOCC(C)Nc1cc(C)nc2ccc([N+](=O)[O-])cc12. The number of rotatable bonds is 6. The summed E-state index contributed by atoms with van der Waals surface area (Å²) >= 11 is 0. The van der Waals surface area contributed by atoms with E-state index < -0.39 is 4.92 Å². The van der Waals surface area contributed by atoms with Crippen molar-refractivity contribution in [1.82, 2.24) is 4.98 Å². The van der Waals surface area contributed by atoms with E-state index in [9.17, 15) is 10.1 Å². The Kier molecular flexibility index (Phi) is 4.70. The van der Waals surface area contributed by atoms with Crippen LogP contribution in [0.2, 0.25) is 0 Å². The lowest BCUT2D eigenvalue weighted by Gasteiger charge is -2.17. The third-order valence-electron chi connectivity index (χ3n) is 3.11. The second kappa shape index (κ2) is 6.49. The van der Waals surface area contributed by atoms with E-state index >= 15 is 0 Å². The molecule has 6 heteroatoms. The first-order valence-electron chi connectivity index (χ1n) is 6.91. The molecule has 1 heterocycles. The maximum Gasteiger partial charge on any atom is 0.270 e. The maximum absolute atomic E-state index is 10.9. The molecule has 0 fully saturated rings. The van der Waals surface area contributed by atoms with Crippen molar-refractivity contribution in [1.29, 1.82) is 0 Å². The van der Waals surface area contributed by atoms with E-state index in [1.165, 1.54) is 6.07 Å². The Balaban J connectivity index is 2.40. The molecule has 1 N–H and O–H groups in total. The number of hydrogen-bond donors (Lipinski definition) is 1. The average Bonchev–Trinajstić information content (AvgIpc) is 2.44. The van der Waals surface area contributed by atoms with Gasteiger partial charge in [-0.3, -0.25) is 15.1 Å².